The van der Waals surface area contributed by atoms with Gasteiger partial charge in [0.25, 0.3) is 0 Å². The number of nitrogens with one attached hydrogen (secondary N) is 1. The van der Waals surface area contributed by atoms with Crippen molar-refractivity contribution in [3.05, 3.63) is 36.0 Å². The van der Waals surface area contributed by atoms with E-state index in [0.717, 1.165) is 10.6 Å². The van der Waals surface area contributed by atoms with Gasteiger partial charge in [-0.05, 0) is 38.1 Å². The molecular weight excluding hydrogens is 302 g/mol. The quantitative estimate of drug-likeness (QED) is 0.787. The number of carbonyl (C=O) groups excluding carboxylic acids is 1. The Balaban J connectivity index is 1.88. The average Bonchev–Trinajstić information content (AvgIpc) is 2.95. The van der Waals surface area contributed by atoms with E-state index in [1.165, 1.54) is 6.92 Å². The monoisotopic (exact) mass is 321 g/mol. The minimum Gasteiger partial charge on any atom is -0.371 e. The van der Waals surface area contributed by atoms with Crippen molar-refractivity contribution in [3.63, 3.8) is 0 Å². The fourth-order valence-corrected chi connectivity index (χ4v) is 2.54. The maximum absolute atomic E-state index is 11.0. The Morgan fingerprint density at radius 1 is 1.41 bits per heavy atom. The predicted molar refractivity (Wildman–Crippen MR) is 84.6 cm³/mol. The van der Waals surface area contributed by atoms with Gasteiger partial charge in [0.2, 0.25) is 11.8 Å². The highest BCUT2D eigenvalue weighted by Crippen LogP contribution is 2.24. The summed E-state index contributed by atoms with van der Waals surface area (Å²) in [4.78, 5) is 16.3. The SMILES string of the molecule is CCOC(C)c1noc(CSc2ccc(NC(C)=O)cc2)n1. The molecule has 0 fully saturated rings. The fraction of sp³-hybridized carbons (Fsp3) is 0.400. The number of benzene rings is 1. The van der Waals surface area contributed by atoms with Crippen LogP contribution in [0.1, 0.15) is 38.6 Å². The highest BCUT2D eigenvalue weighted by molar-refractivity contribution is 7.98. The molecule has 6 nitrogen and oxygen atoms in total. The molecule has 0 aliphatic rings. The molecule has 0 radical (unpaired) electrons. The van der Waals surface area contributed by atoms with Crippen LogP contribution in [0.25, 0.3) is 0 Å². The van der Waals surface area contributed by atoms with Gasteiger partial charge in [0.1, 0.15) is 6.10 Å². The van der Waals surface area contributed by atoms with Gasteiger partial charge in [-0.25, -0.2) is 0 Å². The number of hydrogen-bond donors (Lipinski definition) is 1. The first-order chi connectivity index (χ1) is 10.6. The standard InChI is InChI=1S/C15H19N3O3S/c1-4-20-10(2)15-17-14(21-18-15)9-22-13-7-5-12(6-8-13)16-11(3)19/h5-8,10H,4,9H2,1-3H3,(H,16,19). The number of thioether (sulfide) groups is 1. The van der Waals surface area contributed by atoms with Gasteiger partial charge in [0.05, 0.1) is 5.75 Å². The van der Waals surface area contributed by atoms with E-state index in [1.54, 1.807) is 11.8 Å². The third-order valence-corrected chi connectivity index (χ3v) is 3.80. The van der Waals surface area contributed by atoms with Crippen LogP contribution in [0.3, 0.4) is 0 Å². The second-order valence-corrected chi connectivity index (χ2v) is 5.69. The topological polar surface area (TPSA) is 77.3 Å². The zero-order chi connectivity index (χ0) is 15.9. The number of nitrogens with zero attached hydrogens (tertiary/aromatic N) is 2. The summed E-state index contributed by atoms with van der Waals surface area (Å²) in [5.41, 5.74) is 0.780. The van der Waals surface area contributed by atoms with Crippen molar-refractivity contribution in [2.75, 3.05) is 11.9 Å². The van der Waals surface area contributed by atoms with Gasteiger partial charge in [-0.2, -0.15) is 4.98 Å². The number of aromatic nitrogens is 2. The minimum absolute atomic E-state index is 0.0813. The molecule has 0 aliphatic carbocycles. The molecule has 1 aromatic heterocycles. The maximum atomic E-state index is 11.0. The molecule has 1 aromatic carbocycles. The molecule has 0 bridgehead atoms. The smallest absolute Gasteiger partial charge is 0.237 e. The van der Waals surface area contributed by atoms with E-state index in [-0.39, 0.29) is 12.0 Å². The zero-order valence-corrected chi connectivity index (χ0v) is 13.6. The normalized spacial score (nSPS) is 12.1. The third kappa shape index (κ3) is 4.85. The molecule has 1 unspecified atom stereocenters. The number of carbonyl (C=O) groups is 1. The van der Waals surface area contributed by atoms with Crippen LogP contribution in [-0.4, -0.2) is 22.7 Å². The Bertz CT molecular complexity index is 613. The molecule has 1 amide bonds. The van der Waals surface area contributed by atoms with Crippen molar-refractivity contribution in [1.82, 2.24) is 10.1 Å². The number of rotatable bonds is 7. The second kappa shape index (κ2) is 7.95. The summed E-state index contributed by atoms with van der Waals surface area (Å²) in [5, 5.41) is 6.65. The van der Waals surface area contributed by atoms with E-state index < -0.39 is 0 Å². The summed E-state index contributed by atoms with van der Waals surface area (Å²) in [6.07, 6.45) is -0.163. The lowest BCUT2D eigenvalue weighted by molar-refractivity contribution is -0.114. The Kier molecular flexibility index (Phi) is 5.97. The summed E-state index contributed by atoms with van der Waals surface area (Å²) in [5.74, 6) is 1.64. The molecule has 0 spiro atoms. The number of hydrogen-bond acceptors (Lipinski definition) is 6. The summed E-state index contributed by atoms with van der Waals surface area (Å²) >= 11 is 1.59. The molecule has 1 heterocycles. The molecule has 22 heavy (non-hydrogen) atoms. The summed E-state index contributed by atoms with van der Waals surface area (Å²) in [6.45, 7) is 5.92. The molecule has 2 aromatic rings. The van der Waals surface area contributed by atoms with Gasteiger partial charge in [-0.1, -0.05) is 5.16 Å². The summed E-state index contributed by atoms with van der Waals surface area (Å²) in [6, 6.07) is 7.60. The van der Waals surface area contributed by atoms with Crippen molar-refractivity contribution in [2.45, 2.75) is 37.5 Å². The number of amides is 1. The lowest BCUT2D eigenvalue weighted by Gasteiger charge is -2.04. The van der Waals surface area contributed by atoms with E-state index in [4.69, 9.17) is 9.26 Å². The van der Waals surface area contributed by atoms with Crippen LogP contribution in [0.15, 0.2) is 33.7 Å². The summed E-state index contributed by atoms with van der Waals surface area (Å²) < 4.78 is 10.6. The van der Waals surface area contributed by atoms with Crippen molar-refractivity contribution >= 4 is 23.4 Å². The van der Waals surface area contributed by atoms with Crippen LogP contribution < -0.4 is 5.32 Å². The van der Waals surface area contributed by atoms with Crippen LogP contribution in [-0.2, 0) is 15.3 Å². The molecule has 2 rings (SSSR count). The molecule has 0 aliphatic heterocycles. The molecule has 118 valence electrons. The van der Waals surface area contributed by atoms with Gasteiger partial charge < -0.3 is 14.6 Å². The molecule has 0 saturated carbocycles. The van der Waals surface area contributed by atoms with Crippen molar-refractivity contribution in [1.29, 1.82) is 0 Å². The lowest BCUT2D eigenvalue weighted by Crippen LogP contribution is -2.05. The van der Waals surface area contributed by atoms with Crippen LogP contribution >= 0.6 is 11.8 Å². The second-order valence-electron chi connectivity index (χ2n) is 4.64. The lowest BCUT2D eigenvalue weighted by atomic mass is 10.3. The van der Waals surface area contributed by atoms with E-state index in [1.807, 2.05) is 38.1 Å². The van der Waals surface area contributed by atoms with Gasteiger partial charge >= 0.3 is 0 Å². The zero-order valence-electron chi connectivity index (χ0n) is 12.8. The van der Waals surface area contributed by atoms with E-state index in [9.17, 15) is 4.79 Å². The average molecular weight is 321 g/mol. The first-order valence-electron chi connectivity index (χ1n) is 7.03. The molecule has 7 heteroatoms. The Morgan fingerprint density at radius 3 is 2.77 bits per heavy atom. The third-order valence-electron chi connectivity index (χ3n) is 2.80. The van der Waals surface area contributed by atoms with E-state index >= 15 is 0 Å². The molecule has 1 N–H and O–H groups in total. The minimum atomic E-state index is -0.163. The Morgan fingerprint density at radius 2 is 2.14 bits per heavy atom. The number of ether oxygens (including phenoxy) is 1. The largest absolute Gasteiger partial charge is 0.371 e. The van der Waals surface area contributed by atoms with Crippen LogP contribution in [0, 0.1) is 0 Å². The maximum Gasteiger partial charge on any atom is 0.237 e. The Labute approximate surface area is 133 Å². The van der Waals surface area contributed by atoms with Crippen molar-refractivity contribution in [3.8, 4) is 0 Å². The van der Waals surface area contributed by atoms with Gasteiger partial charge in [0.15, 0.2) is 5.82 Å². The fourth-order valence-electron chi connectivity index (χ4n) is 1.80. The van der Waals surface area contributed by atoms with Gasteiger partial charge in [-0.3, -0.25) is 4.79 Å². The molecular formula is C15H19N3O3S. The van der Waals surface area contributed by atoms with E-state index in [0.29, 0.717) is 24.1 Å². The number of anilines is 1. The highest BCUT2D eigenvalue weighted by Gasteiger charge is 2.13. The molecule has 0 saturated heterocycles. The van der Waals surface area contributed by atoms with Crippen molar-refractivity contribution < 1.29 is 14.1 Å². The molecule has 1 atom stereocenters. The van der Waals surface area contributed by atoms with Crippen molar-refractivity contribution in [2.24, 2.45) is 0 Å². The highest BCUT2D eigenvalue weighted by atomic mass is 32.2. The summed E-state index contributed by atoms with van der Waals surface area (Å²) in [7, 11) is 0. The predicted octanol–water partition coefficient (Wildman–Crippen LogP) is 3.42. The van der Waals surface area contributed by atoms with E-state index in [2.05, 4.69) is 15.5 Å². The van der Waals surface area contributed by atoms with Crippen LogP contribution in [0.2, 0.25) is 0 Å². The first kappa shape index (κ1) is 16.5. The first-order valence-corrected chi connectivity index (χ1v) is 8.01. The Hall–Kier alpha value is -1.86. The van der Waals surface area contributed by atoms with Crippen LogP contribution in [0.5, 0.6) is 0 Å². The van der Waals surface area contributed by atoms with Gasteiger partial charge in [-0.15, -0.1) is 11.8 Å². The van der Waals surface area contributed by atoms with Crippen LogP contribution in [0.4, 0.5) is 5.69 Å². The van der Waals surface area contributed by atoms with Gasteiger partial charge in [0, 0.05) is 24.1 Å².